The Balaban J connectivity index is 2.52. The maximum absolute atomic E-state index is 3.66. The predicted molar refractivity (Wildman–Crippen MR) is 62.6 cm³/mol. The van der Waals surface area contributed by atoms with Crippen molar-refractivity contribution < 1.29 is 0 Å². The molecule has 0 aromatic carbocycles. The van der Waals surface area contributed by atoms with E-state index < -0.39 is 0 Å². The highest BCUT2D eigenvalue weighted by Gasteiger charge is 2.28. The van der Waals surface area contributed by atoms with Crippen molar-refractivity contribution in [2.75, 3.05) is 19.6 Å². The first kappa shape index (κ1) is 12.0. The van der Waals surface area contributed by atoms with Crippen molar-refractivity contribution in [3.63, 3.8) is 0 Å². The number of piperazine rings is 1. The third-order valence-electron chi connectivity index (χ3n) is 3.74. The van der Waals surface area contributed by atoms with Crippen molar-refractivity contribution >= 4 is 0 Å². The standard InChI is InChI=1S/C12H26N2/c1-5-10(4)12-8-13-11(6-2)9-14(12)7-3/h10-13H,5-9H2,1-4H3. The summed E-state index contributed by atoms with van der Waals surface area (Å²) >= 11 is 0. The minimum atomic E-state index is 0.718. The first-order chi connectivity index (χ1) is 6.72. The zero-order chi connectivity index (χ0) is 10.6. The van der Waals surface area contributed by atoms with Crippen LogP contribution in [-0.4, -0.2) is 36.6 Å². The quantitative estimate of drug-likeness (QED) is 0.744. The van der Waals surface area contributed by atoms with Gasteiger partial charge in [0.15, 0.2) is 0 Å². The lowest BCUT2D eigenvalue weighted by atomic mass is 9.94. The number of hydrogen-bond donors (Lipinski definition) is 1. The highest BCUT2D eigenvalue weighted by molar-refractivity contribution is 4.87. The van der Waals surface area contributed by atoms with Crippen LogP contribution in [0.5, 0.6) is 0 Å². The van der Waals surface area contributed by atoms with Crippen LogP contribution in [0.25, 0.3) is 0 Å². The van der Waals surface area contributed by atoms with E-state index in [9.17, 15) is 0 Å². The van der Waals surface area contributed by atoms with Crippen LogP contribution in [0.1, 0.15) is 40.5 Å². The van der Waals surface area contributed by atoms with E-state index in [0.29, 0.717) is 0 Å². The van der Waals surface area contributed by atoms with Gasteiger partial charge < -0.3 is 5.32 Å². The second-order valence-corrected chi connectivity index (χ2v) is 4.55. The van der Waals surface area contributed by atoms with E-state index >= 15 is 0 Å². The smallest absolute Gasteiger partial charge is 0.0246 e. The van der Waals surface area contributed by atoms with Crippen molar-refractivity contribution in [3.05, 3.63) is 0 Å². The summed E-state index contributed by atoms with van der Waals surface area (Å²) in [5.74, 6) is 0.820. The molecule has 1 fully saturated rings. The summed E-state index contributed by atoms with van der Waals surface area (Å²) in [5, 5.41) is 3.66. The average Bonchev–Trinajstić information content (AvgIpc) is 2.27. The fourth-order valence-corrected chi connectivity index (χ4v) is 2.37. The minimum absolute atomic E-state index is 0.718. The lowest BCUT2D eigenvalue weighted by Gasteiger charge is -2.42. The molecule has 2 heteroatoms. The van der Waals surface area contributed by atoms with Gasteiger partial charge in [0.2, 0.25) is 0 Å². The van der Waals surface area contributed by atoms with Crippen LogP contribution >= 0.6 is 0 Å². The topological polar surface area (TPSA) is 15.3 Å². The van der Waals surface area contributed by atoms with Gasteiger partial charge in [-0.05, 0) is 18.9 Å². The lowest BCUT2D eigenvalue weighted by Crippen LogP contribution is -2.58. The molecule has 3 atom stereocenters. The molecular weight excluding hydrogens is 172 g/mol. The molecule has 0 bridgehead atoms. The molecule has 3 unspecified atom stereocenters. The third-order valence-corrected chi connectivity index (χ3v) is 3.74. The maximum Gasteiger partial charge on any atom is 0.0246 e. The second kappa shape index (κ2) is 5.72. The van der Waals surface area contributed by atoms with E-state index in [1.165, 1.54) is 32.5 Å². The largest absolute Gasteiger partial charge is 0.311 e. The van der Waals surface area contributed by atoms with Gasteiger partial charge in [-0.2, -0.15) is 0 Å². The van der Waals surface area contributed by atoms with E-state index in [0.717, 1.165) is 18.0 Å². The Kier molecular flexibility index (Phi) is 4.90. The highest BCUT2D eigenvalue weighted by atomic mass is 15.2. The molecule has 0 aromatic heterocycles. The molecule has 2 nitrogen and oxygen atoms in total. The van der Waals surface area contributed by atoms with Crippen LogP contribution in [0.15, 0.2) is 0 Å². The molecule has 1 heterocycles. The Hall–Kier alpha value is -0.0800. The van der Waals surface area contributed by atoms with Crippen LogP contribution < -0.4 is 5.32 Å². The predicted octanol–water partition coefficient (Wildman–Crippen LogP) is 2.10. The zero-order valence-corrected chi connectivity index (χ0v) is 10.2. The van der Waals surface area contributed by atoms with Crippen molar-refractivity contribution in [1.82, 2.24) is 10.2 Å². The van der Waals surface area contributed by atoms with E-state index in [4.69, 9.17) is 0 Å². The Bertz CT molecular complexity index is 158. The van der Waals surface area contributed by atoms with Gasteiger partial charge in [-0.15, -0.1) is 0 Å². The minimum Gasteiger partial charge on any atom is -0.311 e. The first-order valence-electron chi connectivity index (χ1n) is 6.20. The molecule has 1 rings (SSSR count). The summed E-state index contributed by atoms with van der Waals surface area (Å²) in [6.45, 7) is 12.9. The van der Waals surface area contributed by atoms with Gasteiger partial charge >= 0.3 is 0 Å². The first-order valence-corrected chi connectivity index (χ1v) is 6.20. The molecular formula is C12H26N2. The molecule has 1 aliphatic rings. The summed E-state index contributed by atoms with van der Waals surface area (Å²) in [4.78, 5) is 2.65. The average molecular weight is 198 g/mol. The van der Waals surface area contributed by atoms with Gasteiger partial charge in [0, 0.05) is 25.2 Å². The van der Waals surface area contributed by atoms with Gasteiger partial charge in [0.1, 0.15) is 0 Å². The van der Waals surface area contributed by atoms with E-state index in [-0.39, 0.29) is 0 Å². The summed E-state index contributed by atoms with van der Waals surface area (Å²) in [7, 11) is 0. The van der Waals surface area contributed by atoms with E-state index in [1.54, 1.807) is 0 Å². The van der Waals surface area contributed by atoms with Gasteiger partial charge in [-0.1, -0.05) is 34.1 Å². The molecule has 0 amide bonds. The fraction of sp³-hybridized carbons (Fsp3) is 1.00. The normalized spacial score (nSPS) is 31.7. The Morgan fingerprint density at radius 2 is 2.07 bits per heavy atom. The van der Waals surface area contributed by atoms with Crippen LogP contribution in [0.2, 0.25) is 0 Å². The van der Waals surface area contributed by atoms with Gasteiger partial charge in [0.25, 0.3) is 0 Å². The number of nitrogens with zero attached hydrogens (tertiary/aromatic N) is 1. The maximum atomic E-state index is 3.66. The molecule has 14 heavy (non-hydrogen) atoms. The summed E-state index contributed by atoms with van der Waals surface area (Å²) in [6.07, 6.45) is 2.55. The molecule has 0 spiro atoms. The summed E-state index contributed by atoms with van der Waals surface area (Å²) in [5.41, 5.74) is 0. The Morgan fingerprint density at radius 1 is 1.36 bits per heavy atom. The molecule has 0 aromatic rings. The zero-order valence-electron chi connectivity index (χ0n) is 10.2. The van der Waals surface area contributed by atoms with Gasteiger partial charge in [0.05, 0.1) is 0 Å². The lowest BCUT2D eigenvalue weighted by molar-refractivity contribution is 0.0961. The second-order valence-electron chi connectivity index (χ2n) is 4.55. The molecule has 1 N–H and O–H groups in total. The number of hydrogen-bond acceptors (Lipinski definition) is 2. The molecule has 1 saturated heterocycles. The summed E-state index contributed by atoms with van der Waals surface area (Å²) in [6, 6.07) is 1.48. The molecule has 1 aliphatic heterocycles. The van der Waals surface area contributed by atoms with Crippen molar-refractivity contribution in [1.29, 1.82) is 0 Å². The van der Waals surface area contributed by atoms with Crippen LogP contribution in [-0.2, 0) is 0 Å². The van der Waals surface area contributed by atoms with Crippen LogP contribution in [0.3, 0.4) is 0 Å². The van der Waals surface area contributed by atoms with Crippen molar-refractivity contribution in [3.8, 4) is 0 Å². The van der Waals surface area contributed by atoms with Gasteiger partial charge in [-0.3, -0.25) is 4.90 Å². The summed E-state index contributed by atoms with van der Waals surface area (Å²) < 4.78 is 0. The fourth-order valence-electron chi connectivity index (χ4n) is 2.37. The van der Waals surface area contributed by atoms with Crippen LogP contribution in [0, 0.1) is 5.92 Å². The molecule has 0 aliphatic carbocycles. The molecule has 84 valence electrons. The van der Waals surface area contributed by atoms with Crippen molar-refractivity contribution in [2.24, 2.45) is 5.92 Å². The molecule has 0 saturated carbocycles. The van der Waals surface area contributed by atoms with Crippen molar-refractivity contribution in [2.45, 2.75) is 52.6 Å². The SMILES string of the molecule is CCC1CN(CC)C(C(C)CC)CN1. The number of likely N-dealkylation sites (N-methyl/N-ethyl adjacent to an activating group) is 1. The van der Waals surface area contributed by atoms with E-state index in [1.807, 2.05) is 0 Å². The third kappa shape index (κ3) is 2.71. The Morgan fingerprint density at radius 3 is 2.57 bits per heavy atom. The number of nitrogens with one attached hydrogen (secondary N) is 1. The van der Waals surface area contributed by atoms with Gasteiger partial charge in [-0.25, -0.2) is 0 Å². The monoisotopic (exact) mass is 198 g/mol. The Labute approximate surface area is 89.1 Å². The number of rotatable bonds is 4. The molecule has 0 radical (unpaired) electrons. The van der Waals surface area contributed by atoms with Crippen LogP contribution in [0.4, 0.5) is 0 Å². The highest BCUT2D eigenvalue weighted by Crippen LogP contribution is 2.18. The van der Waals surface area contributed by atoms with E-state index in [2.05, 4.69) is 37.9 Å².